The number of hydrogen-bond donors (Lipinski definition) is 3. The first-order chi connectivity index (χ1) is 14.5. The van der Waals surface area contributed by atoms with Gasteiger partial charge in [-0.25, -0.2) is 5.48 Å². The number of aromatic nitrogens is 5. The zero-order chi connectivity index (χ0) is 21.1. The summed E-state index contributed by atoms with van der Waals surface area (Å²) in [4.78, 5) is 26.1. The molecule has 0 radical (unpaired) electrons. The highest BCUT2D eigenvalue weighted by atomic mass is 16.5. The Bertz CT molecular complexity index is 1160. The second kappa shape index (κ2) is 8.05. The van der Waals surface area contributed by atoms with Gasteiger partial charge in [-0.05, 0) is 36.4 Å². The molecule has 0 unspecified atom stereocenters. The first-order valence-electron chi connectivity index (χ1n) is 8.88. The molecule has 0 fully saturated rings. The fraction of sp³-hybridized carbons (Fsp3) is 0.167. The number of ether oxygens (including phenoxy) is 1. The zero-order valence-corrected chi connectivity index (χ0v) is 15.9. The minimum absolute atomic E-state index is 0.144. The summed E-state index contributed by atoms with van der Waals surface area (Å²) in [6.45, 7) is 0.800. The molecule has 0 atom stereocenters. The van der Waals surface area contributed by atoms with Gasteiger partial charge in [0.15, 0.2) is 5.76 Å². The van der Waals surface area contributed by atoms with Gasteiger partial charge in [0, 0.05) is 12.6 Å². The van der Waals surface area contributed by atoms with E-state index in [0.717, 1.165) is 0 Å². The van der Waals surface area contributed by atoms with Crippen molar-refractivity contribution in [2.45, 2.75) is 0 Å². The molecular weight excluding hydrogens is 392 g/mol. The molecule has 4 aromatic rings. The minimum atomic E-state index is -0.588. The highest BCUT2D eigenvalue weighted by Crippen LogP contribution is 2.18. The van der Waals surface area contributed by atoms with Crippen molar-refractivity contribution in [1.82, 2.24) is 30.0 Å². The fourth-order valence-corrected chi connectivity index (χ4v) is 2.64. The Kier molecular flexibility index (Phi) is 5.13. The van der Waals surface area contributed by atoms with Crippen molar-refractivity contribution in [2.24, 2.45) is 0 Å². The molecule has 0 saturated carbocycles. The summed E-state index contributed by atoms with van der Waals surface area (Å²) in [7, 11) is 1.80. The Morgan fingerprint density at radius 2 is 2.07 bits per heavy atom. The van der Waals surface area contributed by atoms with Crippen LogP contribution in [-0.2, 0) is 0 Å². The lowest BCUT2D eigenvalue weighted by Gasteiger charge is -2.17. The van der Waals surface area contributed by atoms with Gasteiger partial charge in [-0.3, -0.25) is 10.0 Å². The number of nitrogens with zero attached hydrogens (tertiary/aromatic N) is 6. The number of carbonyl (C=O) groups excluding carboxylic acids is 1. The highest BCUT2D eigenvalue weighted by molar-refractivity contribution is 5.93. The average Bonchev–Trinajstić information content (AvgIpc) is 3.43. The Morgan fingerprint density at radius 1 is 1.27 bits per heavy atom. The molecule has 1 aromatic carbocycles. The number of hydroxylamine groups is 1. The van der Waals surface area contributed by atoms with E-state index in [0.29, 0.717) is 47.8 Å². The number of carbonyl (C=O) groups is 1. The summed E-state index contributed by atoms with van der Waals surface area (Å²) < 4.78 is 12.3. The smallest absolute Gasteiger partial charge is 0.274 e. The highest BCUT2D eigenvalue weighted by Gasteiger charge is 2.15. The number of rotatable bonds is 7. The number of nitrogens with two attached hydrogens (primary N) is 1. The van der Waals surface area contributed by atoms with Crippen LogP contribution in [0, 0.1) is 0 Å². The summed E-state index contributed by atoms with van der Waals surface area (Å²) in [5.41, 5.74) is 7.90. The number of nitrogen functional groups attached to an aromatic ring is 1. The van der Waals surface area contributed by atoms with Gasteiger partial charge in [-0.2, -0.15) is 19.5 Å². The molecule has 0 aliphatic carbocycles. The standard InChI is InChI=1S/C18H18N8O4/c1-25(8-10-29-12-6-4-11(5-7-12)15(27)24-28)17-21-16(19)26-18(22-17)20-14(23-26)13-3-2-9-30-13/h2-7,9,28H,8,10H2,1H3,(H,24,27)(H2,19,20,21,22,23). The van der Waals surface area contributed by atoms with E-state index in [1.807, 2.05) is 0 Å². The minimum Gasteiger partial charge on any atom is -0.492 e. The molecule has 0 aliphatic rings. The second-order valence-corrected chi connectivity index (χ2v) is 6.24. The topological polar surface area (TPSA) is 157 Å². The van der Waals surface area contributed by atoms with Crippen LogP contribution in [0.1, 0.15) is 10.4 Å². The van der Waals surface area contributed by atoms with Crippen molar-refractivity contribution in [3.8, 4) is 17.3 Å². The van der Waals surface area contributed by atoms with E-state index < -0.39 is 5.91 Å². The third-order valence-corrected chi connectivity index (χ3v) is 4.22. The number of fused-ring (bicyclic) bond motifs is 1. The summed E-state index contributed by atoms with van der Waals surface area (Å²) >= 11 is 0. The van der Waals surface area contributed by atoms with Crippen LogP contribution in [-0.4, -0.2) is 55.9 Å². The average molecular weight is 410 g/mol. The molecule has 12 heteroatoms. The van der Waals surface area contributed by atoms with Crippen LogP contribution in [0.25, 0.3) is 17.4 Å². The van der Waals surface area contributed by atoms with Crippen LogP contribution in [0.15, 0.2) is 47.1 Å². The maximum Gasteiger partial charge on any atom is 0.274 e. The fourth-order valence-electron chi connectivity index (χ4n) is 2.64. The number of hydrogen-bond acceptors (Lipinski definition) is 10. The lowest BCUT2D eigenvalue weighted by Crippen LogP contribution is -2.26. The van der Waals surface area contributed by atoms with Crippen LogP contribution in [0.5, 0.6) is 5.75 Å². The van der Waals surface area contributed by atoms with Gasteiger partial charge in [0.05, 0.1) is 12.8 Å². The summed E-state index contributed by atoms with van der Waals surface area (Å²) in [5.74, 6) is 1.68. The van der Waals surface area contributed by atoms with Crippen LogP contribution < -0.4 is 20.9 Å². The quantitative estimate of drug-likeness (QED) is 0.296. The molecule has 0 saturated heterocycles. The van der Waals surface area contributed by atoms with Crippen molar-refractivity contribution >= 4 is 23.6 Å². The first kappa shape index (κ1) is 19.1. The van der Waals surface area contributed by atoms with E-state index in [4.69, 9.17) is 20.1 Å². The lowest BCUT2D eigenvalue weighted by atomic mass is 10.2. The van der Waals surface area contributed by atoms with Gasteiger partial charge in [0.25, 0.3) is 11.7 Å². The molecule has 1 amide bonds. The van der Waals surface area contributed by atoms with E-state index in [9.17, 15) is 4.79 Å². The Morgan fingerprint density at radius 3 is 2.77 bits per heavy atom. The Balaban J connectivity index is 1.41. The molecule has 154 valence electrons. The van der Waals surface area contributed by atoms with E-state index in [1.165, 1.54) is 10.8 Å². The van der Waals surface area contributed by atoms with Crippen molar-refractivity contribution in [2.75, 3.05) is 30.8 Å². The van der Waals surface area contributed by atoms with E-state index >= 15 is 0 Å². The van der Waals surface area contributed by atoms with Crippen LogP contribution >= 0.6 is 0 Å². The molecular formula is C18H18N8O4. The Hall–Kier alpha value is -4.19. The number of furan rings is 1. The van der Waals surface area contributed by atoms with Gasteiger partial charge in [-0.15, -0.1) is 5.10 Å². The summed E-state index contributed by atoms with van der Waals surface area (Å²) in [6.07, 6.45) is 1.53. The predicted octanol–water partition coefficient (Wildman–Crippen LogP) is 0.996. The maximum atomic E-state index is 11.3. The van der Waals surface area contributed by atoms with Gasteiger partial charge >= 0.3 is 0 Å². The van der Waals surface area contributed by atoms with Gasteiger partial charge in [0.2, 0.25) is 17.7 Å². The number of amides is 1. The number of likely N-dealkylation sites (N-methyl/N-ethyl adjacent to an activating group) is 1. The van der Waals surface area contributed by atoms with Crippen molar-refractivity contribution in [3.05, 3.63) is 48.2 Å². The molecule has 0 bridgehead atoms. The number of nitrogens with one attached hydrogen (secondary N) is 1. The second-order valence-electron chi connectivity index (χ2n) is 6.24. The molecule has 0 aliphatic heterocycles. The zero-order valence-electron chi connectivity index (χ0n) is 15.9. The largest absolute Gasteiger partial charge is 0.492 e. The molecule has 3 aromatic heterocycles. The van der Waals surface area contributed by atoms with Crippen molar-refractivity contribution < 1.29 is 19.2 Å². The molecule has 30 heavy (non-hydrogen) atoms. The van der Waals surface area contributed by atoms with Crippen LogP contribution in [0.2, 0.25) is 0 Å². The molecule has 3 heterocycles. The molecule has 12 nitrogen and oxygen atoms in total. The maximum absolute atomic E-state index is 11.3. The van der Waals surface area contributed by atoms with E-state index in [1.54, 1.807) is 53.8 Å². The van der Waals surface area contributed by atoms with Crippen LogP contribution in [0.4, 0.5) is 11.9 Å². The van der Waals surface area contributed by atoms with E-state index in [-0.39, 0.29) is 5.95 Å². The van der Waals surface area contributed by atoms with Crippen molar-refractivity contribution in [3.63, 3.8) is 0 Å². The summed E-state index contributed by atoms with van der Waals surface area (Å²) in [5, 5.41) is 12.9. The van der Waals surface area contributed by atoms with E-state index in [2.05, 4.69) is 20.1 Å². The third-order valence-electron chi connectivity index (χ3n) is 4.22. The molecule has 4 rings (SSSR count). The monoisotopic (exact) mass is 410 g/mol. The Labute approximate surface area is 169 Å². The molecule has 0 spiro atoms. The molecule has 4 N–H and O–H groups in total. The van der Waals surface area contributed by atoms with Crippen molar-refractivity contribution in [1.29, 1.82) is 0 Å². The SMILES string of the molecule is CN(CCOc1ccc(C(=O)NO)cc1)c1nc(N)n2nc(-c3ccco3)nc2n1. The first-order valence-corrected chi connectivity index (χ1v) is 8.88. The number of anilines is 2. The number of benzene rings is 1. The lowest BCUT2D eigenvalue weighted by molar-refractivity contribution is 0.0706. The van der Waals surface area contributed by atoms with Gasteiger partial charge in [0.1, 0.15) is 12.4 Å². The van der Waals surface area contributed by atoms with Gasteiger partial charge < -0.3 is 19.8 Å². The van der Waals surface area contributed by atoms with Gasteiger partial charge in [-0.1, -0.05) is 0 Å². The predicted molar refractivity (Wildman–Crippen MR) is 105 cm³/mol. The third kappa shape index (κ3) is 3.84. The summed E-state index contributed by atoms with van der Waals surface area (Å²) in [6, 6.07) is 9.85. The van der Waals surface area contributed by atoms with Crippen LogP contribution in [0.3, 0.4) is 0 Å². The normalized spacial score (nSPS) is 10.9.